The van der Waals surface area contributed by atoms with E-state index in [2.05, 4.69) is 19.2 Å². The van der Waals surface area contributed by atoms with Gasteiger partial charge in [0.1, 0.15) is 17.5 Å². The second kappa shape index (κ2) is 8.06. The minimum atomic E-state index is -0.418. The fourth-order valence-electron chi connectivity index (χ4n) is 4.83. The van der Waals surface area contributed by atoms with E-state index in [0.29, 0.717) is 30.5 Å². The molecular weight excluding hydrogens is 416 g/mol. The summed E-state index contributed by atoms with van der Waals surface area (Å²) in [6.07, 6.45) is 1.25. The van der Waals surface area contributed by atoms with Crippen LogP contribution in [0, 0.1) is 5.41 Å². The molecular formula is C26H28N4O3. The van der Waals surface area contributed by atoms with Crippen LogP contribution in [0.1, 0.15) is 45.2 Å². The van der Waals surface area contributed by atoms with Gasteiger partial charge in [-0.15, -0.1) is 5.10 Å². The molecule has 170 valence electrons. The van der Waals surface area contributed by atoms with Crippen molar-refractivity contribution in [3.8, 4) is 22.9 Å². The number of benzene rings is 2. The van der Waals surface area contributed by atoms with Gasteiger partial charge in [0.25, 0.3) is 0 Å². The number of carbonyl (C=O) groups is 1. The lowest BCUT2D eigenvalue weighted by Crippen LogP contribution is -2.36. The average Bonchev–Trinajstić information content (AvgIpc) is 3.21. The Kier molecular flexibility index (Phi) is 5.19. The molecule has 1 aliphatic heterocycles. The Morgan fingerprint density at radius 3 is 2.58 bits per heavy atom. The number of rotatable bonds is 5. The van der Waals surface area contributed by atoms with Gasteiger partial charge >= 0.3 is 0 Å². The second-order valence-electron chi connectivity index (χ2n) is 9.24. The molecule has 2 aliphatic rings. The number of carbonyl (C=O) groups excluding carboxylic acids is 1. The number of anilines is 1. The maximum absolute atomic E-state index is 13.5. The lowest BCUT2D eigenvalue weighted by Gasteiger charge is -2.38. The summed E-state index contributed by atoms with van der Waals surface area (Å²) in [5, 5.41) is 8.30. The Hall–Kier alpha value is -3.61. The SMILES string of the molecule is CCOc1ccccc1C1C2=C(CC(C)(C)CC2=O)Nc2nc(-c3ccccc3OC)nn21. The van der Waals surface area contributed by atoms with E-state index in [1.807, 2.05) is 60.1 Å². The standard InChI is InChI=1S/C26H28N4O3/c1-5-33-21-13-9-6-10-16(21)23-22-18(14-26(2,3)15-19(22)31)27-25-28-24(29-30(23)25)17-11-7-8-12-20(17)32-4/h6-13,23H,5,14-15H2,1-4H3,(H,27,28,29). The molecule has 0 amide bonds. The summed E-state index contributed by atoms with van der Waals surface area (Å²) in [6.45, 7) is 6.74. The zero-order valence-corrected chi connectivity index (χ0v) is 19.4. The van der Waals surface area contributed by atoms with Crippen molar-refractivity contribution in [3.63, 3.8) is 0 Å². The van der Waals surface area contributed by atoms with Gasteiger partial charge in [-0.1, -0.05) is 44.2 Å². The summed E-state index contributed by atoms with van der Waals surface area (Å²) in [7, 11) is 1.63. The zero-order chi connectivity index (χ0) is 23.2. The van der Waals surface area contributed by atoms with Crippen LogP contribution in [-0.2, 0) is 4.79 Å². The van der Waals surface area contributed by atoms with Crippen molar-refractivity contribution in [1.29, 1.82) is 0 Å². The number of aromatic nitrogens is 3. The highest BCUT2D eigenvalue weighted by atomic mass is 16.5. The van der Waals surface area contributed by atoms with E-state index in [4.69, 9.17) is 19.6 Å². The van der Waals surface area contributed by atoms with Crippen molar-refractivity contribution < 1.29 is 14.3 Å². The Labute approximate surface area is 193 Å². The van der Waals surface area contributed by atoms with Crippen molar-refractivity contribution in [2.45, 2.75) is 39.7 Å². The summed E-state index contributed by atoms with van der Waals surface area (Å²) in [6, 6.07) is 15.1. The van der Waals surface area contributed by atoms with Crippen LogP contribution in [-0.4, -0.2) is 34.3 Å². The number of hydrogen-bond acceptors (Lipinski definition) is 6. The van der Waals surface area contributed by atoms with E-state index in [1.54, 1.807) is 7.11 Å². The van der Waals surface area contributed by atoms with Gasteiger partial charge in [0.2, 0.25) is 5.95 Å². The number of para-hydroxylation sites is 2. The first-order valence-electron chi connectivity index (χ1n) is 11.3. The first-order valence-corrected chi connectivity index (χ1v) is 11.3. The van der Waals surface area contributed by atoms with Crippen LogP contribution < -0.4 is 14.8 Å². The molecule has 2 aromatic carbocycles. The molecule has 0 radical (unpaired) electrons. The summed E-state index contributed by atoms with van der Waals surface area (Å²) in [5.41, 5.74) is 3.23. The maximum Gasteiger partial charge on any atom is 0.226 e. The van der Waals surface area contributed by atoms with Crippen LogP contribution in [0.25, 0.3) is 11.4 Å². The molecule has 1 atom stereocenters. The lowest BCUT2D eigenvalue weighted by molar-refractivity contribution is -0.118. The van der Waals surface area contributed by atoms with Crippen LogP contribution in [0.3, 0.4) is 0 Å². The van der Waals surface area contributed by atoms with E-state index in [9.17, 15) is 4.79 Å². The molecule has 1 aliphatic carbocycles. The summed E-state index contributed by atoms with van der Waals surface area (Å²) < 4.78 is 13.3. The summed E-state index contributed by atoms with van der Waals surface area (Å²) >= 11 is 0. The number of hydrogen-bond donors (Lipinski definition) is 1. The van der Waals surface area contributed by atoms with Gasteiger partial charge in [-0.2, -0.15) is 4.98 Å². The number of ketones is 1. The molecule has 1 N–H and O–H groups in total. The van der Waals surface area contributed by atoms with Gasteiger partial charge < -0.3 is 14.8 Å². The predicted molar refractivity (Wildman–Crippen MR) is 126 cm³/mol. The highest BCUT2D eigenvalue weighted by molar-refractivity contribution is 6.00. The lowest BCUT2D eigenvalue weighted by atomic mass is 9.73. The van der Waals surface area contributed by atoms with E-state index >= 15 is 0 Å². The molecule has 5 rings (SSSR count). The largest absolute Gasteiger partial charge is 0.496 e. The molecule has 0 saturated carbocycles. The van der Waals surface area contributed by atoms with Crippen LogP contribution >= 0.6 is 0 Å². The van der Waals surface area contributed by atoms with E-state index in [1.165, 1.54) is 0 Å². The van der Waals surface area contributed by atoms with Gasteiger partial charge in [0, 0.05) is 23.3 Å². The Morgan fingerprint density at radius 2 is 1.82 bits per heavy atom. The van der Waals surface area contributed by atoms with Crippen LogP contribution in [0.4, 0.5) is 5.95 Å². The van der Waals surface area contributed by atoms with Crippen molar-refractivity contribution >= 4 is 11.7 Å². The first kappa shape index (κ1) is 21.2. The molecule has 0 fully saturated rings. The Morgan fingerprint density at radius 1 is 1.09 bits per heavy atom. The van der Waals surface area contributed by atoms with Crippen molar-refractivity contribution in [1.82, 2.24) is 14.8 Å². The highest BCUT2D eigenvalue weighted by Gasteiger charge is 2.42. The Bertz CT molecular complexity index is 1260. The van der Waals surface area contributed by atoms with Crippen LogP contribution in [0.2, 0.25) is 0 Å². The third-order valence-corrected chi connectivity index (χ3v) is 6.19. The number of ether oxygens (including phenoxy) is 2. The van der Waals surface area contributed by atoms with E-state index < -0.39 is 6.04 Å². The number of Topliss-reactive ketones (excluding diaryl/α,β-unsaturated/α-hetero) is 1. The number of fused-ring (bicyclic) bond motifs is 1. The predicted octanol–water partition coefficient (Wildman–Crippen LogP) is 5.01. The molecule has 7 heteroatoms. The minimum Gasteiger partial charge on any atom is -0.496 e. The van der Waals surface area contributed by atoms with Gasteiger partial charge in [0.05, 0.1) is 19.3 Å². The van der Waals surface area contributed by atoms with Gasteiger partial charge in [-0.25, -0.2) is 4.68 Å². The minimum absolute atomic E-state index is 0.124. The molecule has 0 spiro atoms. The number of allylic oxidation sites excluding steroid dienone is 2. The fourth-order valence-corrected chi connectivity index (χ4v) is 4.83. The first-order chi connectivity index (χ1) is 15.9. The summed E-state index contributed by atoms with van der Waals surface area (Å²) in [4.78, 5) is 18.3. The second-order valence-corrected chi connectivity index (χ2v) is 9.24. The monoisotopic (exact) mass is 444 g/mol. The molecule has 1 unspecified atom stereocenters. The Balaban J connectivity index is 1.71. The average molecular weight is 445 g/mol. The maximum atomic E-state index is 13.5. The quantitative estimate of drug-likeness (QED) is 0.596. The zero-order valence-electron chi connectivity index (χ0n) is 19.4. The molecule has 7 nitrogen and oxygen atoms in total. The molecule has 0 bridgehead atoms. The van der Waals surface area contributed by atoms with Gasteiger partial charge in [-0.3, -0.25) is 4.79 Å². The van der Waals surface area contributed by atoms with Crippen molar-refractivity contribution in [3.05, 3.63) is 65.4 Å². The molecule has 33 heavy (non-hydrogen) atoms. The van der Waals surface area contributed by atoms with Crippen molar-refractivity contribution in [2.24, 2.45) is 5.41 Å². The van der Waals surface area contributed by atoms with E-state index in [0.717, 1.165) is 34.6 Å². The van der Waals surface area contributed by atoms with E-state index in [-0.39, 0.29) is 11.2 Å². The number of nitrogens with zero attached hydrogens (tertiary/aromatic N) is 3. The third kappa shape index (κ3) is 3.67. The molecule has 0 saturated heterocycles. The molecule has 2 heterocycles. The number of methoxy groups -OCH3 is 1. The van der Waals surface area contributed by atoms with Crippen LogP contribution in [0.15, 0.2) is 59.8 Å². The summed E-state index contributed by atoms with van der Waals surface area (Å²) in [5.74, 6) is 2.72. The topological polar surface area (TPSA) is 78.3 Å². The third-order valence-electron chi connectivity index (χ3n) is 6.19. The molecule has 1 aromatic heterocycles. The fraction of sp³-hybridized carbons (Fsp3) is 0.346. The van der Waals surface area contributed by atoms with Gasteiger partial charge in [-0.05, 0) is 37.0 Å². The highest BCUT2D eigenvalue weighted by Crippen LogP contribution is 2.47. The van der Waals surface area contributed by atoms with Crippen LogP contribution in [0.5, 0.6) is 11.5 Å². The molecule has 3 aromatic rings. The normalized spacial score (nSPS) is 18.9. The van der Waals surface area contributed by atoms with Gasteiger partial charge in [0.15, 0.2) is 11.6 Å². The van der Waals surface area contributed by atoms with Crippen molar-refractivity contribution in [2.75, 3.05) is 19.0 Å². The number of nitrogens with one attached hydrogen (secondary N) is 1. The smallest absolute Gasteiger partial charge is 0.226 e.